The van der Waals surface area contributed by atoms with Crippen LogP contribution in [0, 0.1) is 0 Å². The van der Waals surface area contributed by atoms with Gasteiger partial charge in [-0.1, -0.05) is 18.5 Å². The normalized spacial score (nSPS) is 11.7. The molecular formula is C13H12ClF3N2S. The smallest absolute Gasteiger partial charge is 0.379 e. The minimum absolute atomic E-state index is 0.262. The van der Waals surface area contributed by atoms with Crippen molar-refractivity contribution in [3.8, 4) is 0 Å². The van der Waals surface area contributed by atoms with Gasteiger partial charge in [0, 0.05) is 11.1 Å². The van der Waals surface area contributed by atoms with Gasteiger partial charge in [0.25, 0.3) is 0 Å². The predicted molar refractivity (Wildman–Crippen MR) is 75.3 cm³/mol. The van der Waals surface area contributed by atoms with Crippen LogP contribution in [0.1, 0.15) is 22.4 Å². The Hall–Kier alpha value is -1.27. The molecule has 1 heterocycles. The molecule has 0 fully saturated rings. The fraction of sp³-hybridized carbons (Fsp3) is 0.308. The molecule has 2 aromatic rings. The summed E-state index contributed by atoms with van der Waals surface area (Å²) in [6.07, 6.45) is -1.81. The zero-order valence-corrected chi connectivity index (χ0v) is 12.2. The van der Waals surface area contributed by atoms with E-state index in [1.807, 2.05) is 6.92 Å². The lowest BCUT2D eigenvalue weighted by atomic mass is 10.2. The Morgan fingerprint density at radius 1 is 1.35 bits per heavy atom. The predicted octanol–water partition coefficient (Wildman–Crippen LogP) is 4.99. The standard InChI is InChI=1S/C13H12ClF3N2S/c1-2-12-19-7-9(20-12)6-18-11-5-8(13(15,16)17)3-4-10(11)14/h3-5,7,18H,2,6H2,1H3. The Morgan fingerprint density at radius 3 is 2.70 bits per heavy atom. The summed E-state index contributed by atoms with van der Waals surface area (Å²) < 4.78 is 37.9. The molecule has 1 aromatic carbocycles. The Labute approximate surface area is 123 Å². The number of nitrogens with zero attached hydrogens (tertiary/aromatic N) is 1. The van der Waals surface area contributed by atoms with Crippen molar-refractivity contribution in [3.63, 3.8) is 0 Å². The second-order valence-corrected chi connectivity index (χ2v) is 5.73. The van der Waals surface area contributed by atoms with Gasteiger partial charge in [-0.15, -0.1) is 11.3 Å². The van der Waals surface area contributed by atoms with Crippen LogP contribution >= 0.6 is 22.9 Å². The monoisotopic (exact) mass is 320 g/mol. The lowest BCUT2D eigenvalue weighted by molar-refractivity contribution is -0.137. The van der Waals surface area contributed by atoms with Gasteiger partial charge in [0.15, 0.2) is 0 Å². The molecule has 0 amide bonds. The van der Waals surface area contributed by atoms with Gasteiger partial charge >= 0.3 is 6.18 Å². The van der Waals surface area contributed by atoms with Crippen molar-refractivity contribution in [2.45, 2.75) is 26.1 Å². The minimum Gasteiger partial charge on any atom is -0.379 e. The van der Waals surface area contributed by atoms with E-state index in [2.05, 4.69) is 10.3 Å². The van der Waals surface area contributed by atoms with Crippen molar-refractivity contribution in [1.29, 1.82) is 0 Å². The highest BCUT2D eigenvalue weighted by Crippen LogP contribution is 2.34. The highest BCUT2D eigenvalue weighted by atomic mass is 35.5. The van der Waals surface area contributed by atoms with Crippen LogP contribution in [0.25, 0.3) is 0 Å². The molecular weight excluding hydrogens is 309 g/mol. The number of hydrogen-bond donors (Lipinski definition) is 1. The average molecular weight is 321 g/mol. The molecule has 2 rings (SSSR count). The van der Waals surface area contributed by atoms with Gasteiger partial charge in [-0.25, -0.2) is 4.98 Å². The van der Waals surface area contributed by atoms with Crippen LogP contribution in [-0.4, -0.2) is 4.98 Å². The van der Waals surface area contributed by atoms with Crippen LogP contribution in [0.2, 0.25) is 5.02 Å². The maximum atomic E-state index is 12.6. The summed E-state index contributed by atoms with van der Waals surface area (Å²) in [5, 5.41) is 4.18. The molecule has 0 saturated heterocycles. The van der Waals surface area contributed by atoms with E-state index in [0.29, 0.717) is 6.54 Å². The van der Waals surface area contributed by atoms with E-state index in [1.165, 1.54) is 17.4 Å². The first-order valence-electron chi connectivity index (χ1n) is 5.94. The number of hydrogen-bond acceptors (Lipinski definition) is 3. The van der Waals surface area contributed by atoms with Crippen LogP contribution in [0.3, 0.4) is 0 Å². The molecule has 0 saturated carbocycles. The first-order chi connectivity index (χ1) is 9.40. The number of aromatic nitrogens is 1. The first kappa shape index (κ1) is 15.1. The molecule has 0 aliphatic rings. The SMILES string of the molecule is CCc1ncc(CNc2cc(C(F)(F)F)ccc2Cl)s1. The number of halogens is 4. The molecule has 7 heteroatoms. The number of rotatable bonds is 4. The second kappa shape index (κ2) is 6.01. The van der Waals surface area contributed by atoms with Crippen LogP contribution in [0.4, 0.5) is 18.9 Å². The number of nitrogens with one attached hydrogen (secondary N) is 1. The maximum Gasteiger partial charge on any atom is 0.416 e. The second-order valence-electron chi connectivity index (χ2n) is 4.12. The molecule has 0 radical (unpaired) electrons. The Balaban J connectivity index is 2.12. The molecule has 0 aliphatic heterocycles. The maximum absolute atomic E-state index is 12.6. The topological polar surface area (TPSA) is 24.9 Å². The number of aryl methyl sites for hydroxylation is 1. The molecule has 2 nitrogen and oxygen atoms in total. The van der Waals surface area contributed by atoms with Crippen molar-refractivity contribution in [3.05, 3.63) is 44.9 Å². The van der Waals surface area contributed by atoms with E-state index in [9.17, 15) is 13.2 Å². The molecule has 1 N–H and O–H groups in total. The summed E-state index contributed by atoms with van der Waals surface area (Å²) >= 11 is 7.43. The number of alkyl halides is 3. The number of anilines is 1. The third-order valence-electron chi connectivity index (χ3n) is 2.65. The van der Waals surface area contributed by atoms with Gasteiger partial charge in [0.2, 0.25) is 0 Å². The highest BCUT2D eigenvalue weighted by molar-refractivity contribution is 7.11. The summed E-state index contributed by atoms with van der Waals surface area (Å²) in [5.41, 5.74) is -0.448. The van der Waals surface area contributed by atoms with E-state index in [4.69, 9.17) is 11.6 Å². The van der Waals surface area contributed by atoms with Crippen LogP contribution in [-0.2, 0) is 19.1 Å². The van der Waals surface area contributed by atoms with Crippen molar-refractivity contribution in [2.75, 3.05) is 5.32 Å². The quantitative estimate of drug-likeness (QED) is 0.858. The zero-order valence-electron chi connectivity index (χ0n) is 10.6. The summed E-state index contributed by atoms with van der Waals surface area (Å²) in [4.78, 5) is 5.15. The van der Waals surface area contributed by atoms with E-state index in [-0.39, 0.29) is 10.7 Å². The van der Waals surface area contributed by atoms with Gasteiger partial charge in [-0.05, 0) is 24.6 Å². The lowest BCUT2D eigenvalue weighted by Gasteiger charge is -2.11. The molecule has 108 valence electrons. The van der Waals surface area contributed by atoms with E-state index in [1.54, 1.807) is 6.20 Å². The summed E-state index contributed by atoms with van der Waals surface area (Å²) in [6, 6.07) is 3.23. The van der Waals surface area contributed by atoms with Gasteiger partial charge < -0.3 is 5.32 Å². The fourth-order valence-electron chi connectivity index (χ4n) is 1.61. The fourth-order valence-corrected chi connectivity index (χ4v) is 2.60. The van der Waals surface area contributed by atoms with Gasteiger partial charge in [-0.2, -0.15) is 13.2 Å². The molecule has 0 bridgehead atoms. The summed E-state index contributed by atoms with van der Waals surface area (Å²) in [7, 11) is 0. The summed E-state index contributed by atoms with van der Waals surface area (Å²) in [6.45, 7) is 2.40. The zero-order chi connectivity index (χ0) is 14.8. The van der Waals surface area contributed by atoms with Gasteiger partial charge in [-0.3, -0.25) is 0 Å². The average Bonchev–Trinajstić information content (AvgIpc) is 2.84. The van der Waals surface area contributed by atoms with Crippen LogP contribution < -0.4 is 5.32 Å². The van der Waals surface area contributed by atoms with Crippen LogP contribution in [0.5, 0.6) is 0 Å². The first-order valence-corrected chi connectivity index (χ1v) is 7.13. The molecule has 0 unspecified atom stereocenters. The molecule has 0 aliphatic carbocycles. The Bertz CT molecular complexity index is 596. The molecule has 1 aromatic heterocycles. The summed E-state index contributed by atoms with van der Waals surface area (Å²) in [5.74, 6) is 0. The number of benzene rings is 1. The molecule has 0 atom stereocenters. The third-order valence-corrected chi connectivity index (χ3v) is 4.12. The molecule has 20 heavy (non-hydrogen) atoms. The van der Waals surface area contributed by atoms with Gasteiger partial charge in [0.05, 0.1) is 27.8 Å². The van der Waals surface area contributed by atoms with Crippen molar-refractivity contribution in [2.24, 2.45) is 0 Å². The largest absolute Gasteiger partial charge is 0.416 e. The van der Waals surface area contributed by atoms with E-state index < -0.39 is 11.7 Å². The highest BCUT2D eigenvalue weighted by Gasteiger charge is 2.30. The van der Waals surface area contributed by atoms with Crippen LogP contribution in [0.15, 0.2) is 24.4 Å². The van der Waals surface area contributed by atoms with E-state index in [0.717, 1.165) is 28.4 Å². The van der Waals surface area contributed by atoms with Gasteiger partial charge in [0.1, 0.15) is 0 Å². The van der Waals surface area contributed by atoms with Crippen molar-refractivity contribution in [1.82, 2.24) is 4.98 Å². The minimum atomic E-state index is -4.37. The van der Waals surface area contributed by atoms with Crippen molar-refractivity contribution >= 4 is 28.6 Å². The Kier molecular flexibility index (Phi) is 4.55. The Morgan fingerprint density at radius 2 is 2.10 bits per heavy atom. The molecule has 0 spiro atoms. The van der Waals surface area contributed by atoms with Crippen molar-refractivity contribution < 1.29 is 13.2 Å². The number of thiazole rings is 1. The third kappa shape index (κ3) is 3.64. The lowest BCUT2D eigenvalue weighted by Crippen LogP contribution is -2.06. The van der Waals surface area contributed by atoms with E-state index >= 15 is 0 Å².